The van der Waals surface area contributed by atoms with Crippen LogP contribution in [0, 0.1) is 5.82 Å². The molecule has 0 spiro atoms. The van der Waals surface area contributed by atoms with E-state index in [0.29, 0.717) is 17.8 Å². The predicted octanol–water partition coefficient (Wildman–Crippen LogP) is 2.25. The number of likely N-dealkylation sites (N-methyl/N-ethyl adjacent to an activating group) is 1. The van der Waals surface area contributed by atoms with Gasteiger partial charge in [-0.05, 0) is 37.7 Å². The molecule has 2 aliphatic rings. The van der Waals surface area contributed by atoms with Gasteiger partial charge in [0.15, 0.2) is 0 Å². The molecule has 0 radical (unpaired) electrons. The van der Waals surface area contributed by atoms with Gasteiger partial charge in [0, 0.05) is 51.4 Å². The molecule has 0 unspecified atom stereocenters. The Labute approximate surface area is 167 Å². The van der Waals surface area contributed by atoms with Crippen molar-refractivity contribution >= 4 is 36.4 Å². The Bertz CT molecular complexity index is 574. The monoisotopic (exact) mass is 406 g/mol. The molecule has 2 aliphatic heterocycles. The van der Waals surface area contributed by atoms with Gasteiger partial charge < -0.3 is 20.0 Å². The van der Waals surface area contributed by atoms with Crippen molar-refractivity contribution < 1.29 is 9.18 Å². The number of nitrogens with one attached hydrogen (secondary N) is 1. The second-order valence-electron chi connectivity index (χ2n) is 6.48. The molecule has 26 heavy (non-hydrogen) atoms. The lowest BCUT2D eigenvalue weighted by Gasteiger charge is -2.35. The minimum atomic E-state index is -0.293. The summed E-state index contributed by atoms with van der Waals surface area (Å²) in [6, 6.07) is 4.94. The molecule has 5 nitrogen and oxygen atoms in total. The third kappa shape index (κ3) is 5.46. The highest BCUT2D eigenvalue weighted by Gasteiger charge is 2.21. The minimum Gasteiger partial charge on any atom is -0.367 e. The van der Waals surface area contributed by atoms with Crippen LogP contribution < -0.4 is 10.2 Å². The molecule has 1 aromatic carbocycles. The minimum absolute atomic E-state index is 0. The fraction of sp³-hybridized carbons (Fsp3) is 0.611. The van der Waals surface area contributed by atoms with E-state index in [-0.39, 0.29) is 36.5 Å². The summed E-state index contributed by atoms with van der Waals surface area (Å²) in [7, 11) is 0. The van der Waals surface area contributed by atoms with Crippen molar-refractivity contribution in [1.29, 1.82) is 0 Å². The number of piperazine rings is 1. The quantitative estimate of drug-likeness (QED) is 0.835. The van der Waals surface area contributed by atoms with Crippen LogP contribution in [0.4, 0.5) is 10.1 Å². The van der Waals surface area contributed by atoms with E-state index < -0.39 is 0 Å². The second kappa shape index (κ2) is 10.9. The number of anilines is 1. The maximum absolute atomic E-state index is 14.6. The van der Waals surface area contributed by atoms with Gasteiger partial charge in [0.05, 0.1) is 5.69 Å². The van der Waals surface area contributed by atoms with Crippen LogP contribution in [-0.2, 0) is 0 Å². The van der Waals surface area contributed by atoms with Gasteiger partial charge in [0.1, 0.15) is 5.82 Å². The Hall–Kier alpha value is -1.08. The molecule has 2 fully saturated rings. The Morgan fingerprint density at radius 1 is 1.08 bits per heavy atom. The van der Waals surface area contributed by atoms with Crippen molar-refractivity contribution in [3.63, 3.8) is 0 Å². The van der Waals surface area contributed by atoms with Crippen molar-refractivity contribution in [2.24, 2.45) is 0 Å². The average molecular weight is 407 g/mol. The molecule has 2 saturated heterocycles. The predicted molar refractivity (Wildman–Crippen MR) is 109 cm³/mol. The SMILES string of the molecule is CCN1CCN(c2ccc(C(=O)N3CCCNCC3)cc2F)CC1.Cl.Cl. The highest BCUT2D eigenvalue weighted by molar-refractivity contribution is 5.94. The zero-order valence-electron chi connectivity index (χ0n) is 15.2. The average Bonchev–Trinajstić information content (AvgIpc) is 2.90. The standard InChI is InChI=1S/C18H27FN4O.2ClH/c1-2-21-10-12-22(13-11-21)17-5-4-15(14-16(17)19)18(24)23-8-3-6-20-7-9-23;;/h4-5,14,20H,2-3,6-13H2,1H3;2*1H. The van der Waals surface area contributed by atoms with Gasteiger partial charge >= 0.3 is 0 Å². The molecular formula is C18H29Cl2FN4O. The molecule has 0 atom stereocenters. The third-order valence-corrected chi connectivity index (χ3v) is 4.98. The highest BCUT2D eigenvalue weighted by atomic mass is 35.5. The fourth-order valence-corrected chi connectivity index (χ4v) is 3.43. The molecule has 1 amide bonds. The lowest BCUT2D eigenvalue weighted by molar-refractivity contribution is 0.0766. The van der Waals surface area contributed by atoms with E-state index in [1.807, 2.05) is 4.90 Å². The number of amides is 1. The van der Waals surface area contributed by atoms with Gasteiger partial charge in [-0.1, -0.05) is 6.92 Å². The number of rotatable bonds is 3. The Balaban J connectivity index is 0.00000169. The maximum atomic E-state index is 14.6. The van der Waals surface area contributed by atoms with E-state index in [1.165, 1.54) is 6.07 Å². The van der Waals surface area contributed by atoms with Gasteiger partial charge in [-0.15, -0.1) is 24.8 Å². The van der Waals surface area contributed by atoms with Crippen LogP contribution in [0.15, 0.2) is 18.2 Å². The van der Waals surface area contributed by atoms with Crippen molar-refractivity contribution in [1.82, 2.24) is 15.1 Å². The summed E-state index contributed by atoms with van der Waals surface area (Å²) in [6.07, 6.45) is 0.939. The zero-order valence-corrected chi connectivity index (χ0v) is 16.9. The first kappa shape index (κ1) is 23.0. The number of hydrogen-bond donors (Lipinski definition) is 1. The summed E-state index contributed by atoms with van der Waals surface area (Å²) in [5, 5.41) is 3.28. The first-order valence-corrected chi connectivity index (χ1v) is 8.96. The van der Waals surface area contributed by atoms with Crippen molar-refractivity contribution in [2.75, 3.05) is 63.8 Å². The van der Waals surface area contributed by atoms with Crippen molar-refractivity contribution in [3.05, 3.63) is 29.6 Å². The normalized spacial score (nSPS) is 18.5. The molecule has 1 aromatic rings. The number of halogens is 3. The molecule has 8 heteroatoms. The van der Waals surface area contributed by atoms with Gasteiger partial charge in [0.25, 0.3) is 5.91 Å². The zero-order chi connectivity index (χ0) is 16.9. The van der Waals surface area contributed by atoms with E-state index >= 15 is 0 Å². The molecule has 148 valence electrons. The van der Waals surface area contributed by atoms with E-state index in [1.54, 1.807) is 12.1 Å². The van der Waals surface area contributed by atoms with E-state index in [9.17, 15) is 9.18 Å². The van der Waals surface area contributed by atoms with E-state index in [4.69, 9.17) is 0 Å². The Morgan fingerprint density at radius 2 is 1.81 bits per heavy atom. The summed E-state index contributed by atoms with van der Waals surface area (Å²) in [5.74, 6) is -0.362. The molecule has 2 heterocycles. The molecule has 0 aliphatic carbocycles. The summed E-state index contributed by atoms with van der Waals surface area (Å²) in [6.45, 7) is 9.90. The lowest BCUT2D eigenvalue weighted by Crippen LogP contribution is -2.46. The maximum Gasteiger partial charge on any atom is 0.254 e. The number of nitrogens with zero attached hydrogens (tertiary/aromatic N) is 3. The van der Waals surface area contributed by atoms with Crippen LogP contribution >= 0.6 is 24.8 Å². The molecule has 1 N–H and O–H groups in total. The first-order chi connectivity index (χ1) is 11.7. The second-order valence-corrected chi connectivity index (χ2v) is 6.48. The summed E-state index contributed by atoms with van der Waals surface area (Å²) < 4.78 is 14.6. The Kier molecular flexibility index (Phi) is 9.64. The molecule has 0 bridgehead atoms. The fourth-order valence-electron chi connectivity index (χ4n) is 3.43. The van der Waals surface area contributed by atoms with E-state index in [0.717, 1.165) is 58.8 Å². The Morgan fingerprint density at radius 3 is 2.46 bits per heavy atom. The van der Waals surface area contributed by atoms with Crippen molar-refractivity contribution in [2.45, 2.75) is 13.3 Å². The number of carbonyl (C=O) groups excluding carboxylic acids is 1. The lowest BCUT2D eigenvalue weighted by atomic mass is 10.1. The summed E-state index contributed by atoms with van der Waals surface area (Å²) in [4.78, 5) is 18.8. The van der Waals surface area contributed by atoms with Gasteiger partial charge in [0.2, 0.25) is 0 Å². The number of benzene rings is 1. The van der Waals surface area contributed by atoms with Crippen molar-refractivity contribution in [3.8, 4) is 0 Å². The molecule has 3 rings (SSSR count). The number of carbonyl (C=O) groups is 1. The van der Waals surface area contributed by atoms with Gasteiger partial charge in [-0.3, -0.25) is 4.79 Å². The van der Waals surface area contributed by atoms with Crippen LogP contribution in [0.25, 0.3) is 0 Å². The number of hydrogen-bond acceptors (Lipinski definition) is 4. The molecule has 0 aromatic heterocycles. The topological polar surface area (TPSA) is 38.8 Å². The summed E-state index contributed by atoms with van der Waals surface area (Å²) >= 11 is 0. The molecular weight excluding hydrogens is 378 g/mol. The first-order valence-electron chi connectivity index (χ1n) is 8.96. The largest absolute Gasteiger partial charge is 0.367 e. The highest BCUT2D eigenvalue weighted by Crippen LogP contribution is 2.23. The van der Waals surface area contributed by atoms with Crippen LogP contribution in [0.3, 0.4) is 0 Å². The van der Waals surface area contributed by atoms with Crippen LogP contribution in [-0.4, -0.2) is 74.6 Å². The third-order valence-electron chi connectivity index (χ3n) is 4.98. The van der Waals surface area contributed by atoms with Gasteiger partial charge in [-0.25, -0.2) is 4.39 Å². The van der Waals surface area contributed by atoms with Crippen LogP contribution in [0.5, 0.6) is 0 Å². The van der Waals surface area contributed by atoms with Crippen LogP contribution in [0.1, 0.15) is 23.7 Å². The van der Waals surface area contributed by atoms with Crippen LogP contribution in [0.2, 0.25) is 0 Å². The molecule has 0 saturated carbocycles. The smallest absolute Gasteiger partial charge is 0.254 e. The van der Waals surface area contributed by atoms with E-state index in [2.05, 4.69) is 22.0 Å². The van der Waals surface area contributed by atoms with Gasteiger partial charge in [-0.2, -0.15) is 0 Å². The summed E-state index contributed by atoms with van der Waals surface area (Å²) in [5.41, 5.74) is 1.06.